The molecule has 2 N–H and O–H groups in total. The van der Waals surface area contributed by atoms with Crippen LogP contribution in [-0.2, 0) is 4.74 Å². The maximum atomic E-state index is 11.9. The molecule has 2 aromatic rings. The third kappa shape index (κ3) is 2.78. The van der Waals surface area contributed by atoms with Crippen molar-refractivity contribution < 1.29 is 9.53 Å². The second kappa shape index (κ2) is 6.17. The summed E-state index contributed by atoms with van der Waals surface area (Å²) >= 11 is 1.28. The Bertz CT molecular complexity index is 673. The van der Waals surface area contributed by atoms with Crippen LogP contribution in [0.15, 0.2) is 24.4 Å². The Morgan fingerprint density at radius 1 is 1.50 bits per heavy atom. The van der Waals surface area contributed by atoms with Crippen molar-refractivity contribution in [1.29, 1.82) is 5.26 Å². The second-order valence-electron chi connectivity index (χ2n) is 4.03. The van der Waals surface area contributed by atoms with Crippen molar-refractivity contribution in [2.45, 2.75) is 13.3 Å². The van der Waals surface area contributed by atoms with Crippen LogP contribution in [0.3, 0.4) is 0 Å². The van der Waals surface area contributed by atoms with Gasteiger partial charge in [0, 0.05) is 6.20 Å². The highest BCUT2D eigenvalue weighted by molar-refractivity contribution is 7.16. The van der Waals surface area contributed by atoms with E-state index >= 15 is 0 Å². The number of nitrogen functional groups attached to an aromatic ring is 1. The average Bonchev–Trinajstić information content (AvgIpc) is 2.93. The molecule has 5 nitrogen and oxygen atoms in total. The van der Waals surface area contributed by atoms with Crippen molar-refractivity contribution in [2.24, 2.45) is 0 Å². The van der Waals surface area contributed by atoms with Gasteiger partial charge < -0.3 is 10.5 Å². The molecule has 6 heteroatoms. The van der Waals surface area contributed by atoms with Gasteiger partial charge in [-0.2, -0.15) is 5.26 Å². The second-order valence-corrected chi connectivity index (χ2v) is 5.12. The maximum absolute atomic E-state index is 11.9. The van der Waals surface area contributed by atoms with Crippen molar-refractivity contribution in [3.63, 3.8) is 0 Å². The number of esters is 1. The lowest BCUT2D eigenvalue weighted by molar-refractivity contribution is 0.0506. The molecule has 2 aromatic heterocycles. The van der Waals surface area contributed by atoms with Gasteiger partial charge in [0.05, 0.1) is 22.7 Å². The van der Waals surface area contributed by atoms with E-state index in [1.54, 1.807) is 12.1 Å². The lowest BCUT2D eigenvalue weighted by atomic mass is 10.1. The van der Waals surface area contributed by atoms with Crippen LogP contribution in [0.4, 0.5) is 5.69 Å². The number of carbonyl (C=O) groups excluding carboxylic acids is 1. The van der Waals surface area contributed by atoms with Crippen molar-refractivity contribution in [3.05, 3.63) is 34.8 Å². The van der Waals surface area contributed by atoms with Gasteiger partial charge in [0.2, 0.25) is 0 Å². The van der Waals surface area contributed by atoms with E-state index in [0.29, 0.717) is 22.7 Å². The van der Waals surface area contributed by atoms with Gasteiger partial charge in [-0.25, -0.2) is 4.79 Å². The van der Waals surface area contributed by atoms with Gasteiger partial charge in [0.25, 0.3) is 0 Å². The number of hydrogen-bond donors (Lipinski definition) is 1. The minimum atomic E-state index is -0.454. The van der Waals surface area contributed by atoms with Crippen molar-refractivity contribution >= 4 is 23.0 Å². The lowest BCUT2D eigenvalue weighted by Crippen LogP contribution is -2.10. The fourth-order valence-corrected chi connectivity index (χ4v) is 2.46. The normalized spacial score (nSPS) is 10.0. The summed E-state index contributed by atoms with van der Waals surface area (Å²) in [4.78, 5) is 17.4. The average molecular weight is 287 g/mol. The Morgan fingerprint density at radius 2 is 2.30 bits per heavy atom. The molecule has 20 heavy (non-hydrogen) atoms. The summed E-state index contributed by atoms with van der Waals surface area (Å²) in [6.07, 6.45) is 2.26. The SMILES string of the molecule is CCCOC(=O)c1ccnc(-c2ccc(C#N)s2)c1N. The number of ether oxygens (including phenoxy) is 1. The molecule has 2 heterocycles. The predicted molar refractivity (Wildman–Crippen MR) is 77.3 cm³/mol. The highest BCUT2D eigenvalue weighted by Crippen LogP contribution is 2.32. The van der Waals surface area contributed by atoms with Gasteiger partial charge >= 0.3 is 5.97 Å². The first kappa shape index (κ1) is 14.0. The molecule has 0 unspecified atom stereocenters. The number of carbonyl (C=O) groups is 1. The largest absolute Gasteiger partial charge is 0.462 e. The van der Waals surface area contributed by atoms with E-state index < -0.39 is 5.97 Å². The Balaban J connectivity index is 2.37. The third-order valence-corrected chi connectivity index (χ3v) is 3.59. The molecule has 0 spiro atoms. The minimum Gasteiger partial charge on any atom is -0.462 e. The van der Waals surface area contributed by atoms with Crippen LogP contribution >= 0.6 is 11.3 Å². The number of nitrogens with two attached hydrogens (primary N) is 1. The van der Waals surface area contributed by atoms with Crippen LogP contribution < -0.4 is 5.73 Å². The van der Waals surface area contributed by atoms with Crippen LogP contribution in [0, 0.1) is 11.3 Å². The number of thiophene rings is 1. The summed E-state index contributed by atoms with van der Waals surface area (Å²) in [6.45, 7) is 2.27. The smallest absolute Gasteiger partial charge is 0.340 e. The molecule has 102 valence electrons. The number of anilines is 1. The molecular formula is C14H13N3O2S. The molecule has 0 aliphatic heterocycles. The number of aromatic nitrogens is 1. The van der Waals surface area contributed by atoms with Gasteiger partial charge in [-0.05, 0) is 24.6 Å². The molecule has 0 aliphatic carbocycles. The first-order valence-corrected chi connectivity index (χ1v) is 6.91. The topological polar surface area (TPSA) is 89.0 Å². The Kier molecular flexibility index (Phi) is 4.33. The van der Waals surface area contributed by atoms with Crippen molar-refractivity contribution in [1.82, 2.24) is 4.98 Å². The molecule has 0 fully saturated rings. The zero-order chi connectivity index (χ0) is 14.5. The molecule has 0 radical (unpaired) electrons. The van der Waals surface area contributed by atoms with E-state index in [2.05, 4.69) is 11.1 Å². The predicted octanol–water partition coefficient (Wildman–Crippen LogP) is 2.83. The molecular weight excluding hydrogens is 274 g/mol. The Morgan fingerprint density at radius 3 is 2.95 bits per heavy atom. The maximum Gasteiger partial charge on any atom is 0.340 e. The number of nitriles is 1. The monoisotopic (exact) mass is 287 g/mol. The van der Waals surface area contributed by atoms with Crippen LogP contribution in [0.1, 0.15) is 28.6 Å². The first-order valence-electron chi connectivity index (χ1n) is 6.09. The summed E-state index contributed by atoms with van der Waals surface area (Å²) in [6, 6.07) is 7.06. The van der Waals surface area contributed by atoms with Gasteiger partial charge in [-0.15, -0.1) is 11.3 Å². The molecule has 0 aliphatic rings. The summed E-state index contributed by atoms with van der Waals surface area (Å²) in [5.74, 6) is -0.454. The van der Waals surface area contributed by atoms with Crippen LogP contribution in [0.25, 0.3) is 10.6 Å². The summed E-state index contributed by atoms with van der Waals surface area (Å²) in [7, 11) is 0. The zero-order valence-electron chi connectivity index (χ0n) is 10.9. The van der Waals surface area contributed by atoms with E-state index in [1.165, 1.54) is 23.6 Å². The van der Waals surface area contributed by atoms with E-state index in [9.17, 15) is 4.79 Å². The number of pyridine rings is 1. The summed E-state index contributed by atoms with van der Waals surface area (Å²) in [5.41, 5.74) is 7.08. The quantitative estimate of drug-likeness (QED) is 0.873. The molecule has 0 saturated heterocycles. The van der Waals surface area contributed by atoms with Gasteiger partial charge in [-0.3, -0.25) is 4.98 Å². The molecule has 0 atom stereocenters. The van der Waals surface area contributed by atoms with E-state index in [-0.39, 0.29) is 5.69 Å². The fraction of sp³-hybridized carbons (Fsp3) is 0.214. The van der Waals surface area contributed by atoms with E-state index in [0.717, 1.165) is 11.3 Å². The van der Waals surface area contributed by atoms with Crippen LogP contribution in [0.5, 0.6) is 0 Å². The first-order chi connectivity index (χ1) is 9.67. The van der Waals surface area contributed by atoms with E-state index in [1.807, 2.05) is 6.92 Å². The minimum absolute atomic E-state index is 0.278. The highest BCUT2D eigenvalue weighted by Gasteiger charge is 2.16. The number of hydrogen-bond acceptors (Lipinski definition) is 6. The molecule has 0 saturated carbocycles. The van der Waals surface area contributed by atoms with Crippen molar-refractivity contribution in [3.8, 4) is 16.6 Å². The Labute approximate surface area is 120 Å². The standard InChI is InChI=1S/C14H13N3O2S/c1-2-7-19-14(18)10-5-6-17-13(12(10)16)11-4-3-9(8-15)20-11/h3-6H,2,7,16H2,1H3. The lowest BCUT2D eigenvalue weighted by Gasteiger charge is -2.08. The zero-order valence-corrected chi connectivity index (χ0v) is 11.7. The fourth-order valence-electron chi connectivity index (χ4n) is 1.65. The molecule has 2 rings (SSSR count). The van der Waals surface area contributed by atoms with E-state index in [4.69, 9.17) is 15.7 Å². The van der Waals surface area contributed by atoms with Gasteiger partial charge in [0.15, 0.2) is 0 Å². The van der Waals surface area contributed by atoms with Gasteiger partial charge in [-0.1, -0.05) is 6.92 Å². The third-order valence-electron chi connectivity index (χ3n) is 2.60. The molecule has 0 bridgehead atoms. The highest BCUT2D eigenvalue weighted by atomic mass is 32.1. The Hall–Kier alpha value is -2.39. The summed E-state index contributed by atoms with van der Waals surface area (Å²) in [5, 5.41) is 8.84. The number of nitrogens with zero attached hydrogens (tertiary/aromatic N) is 2. The van der Waals surface area contributed by atoms with Crippen molar-refractivity contribution in [2.75, 3.05) is 12.3 Å². The molecule has 0 aromatic carbocycles. The van der Waals surface area contributed by atoms with Crippen LogP contribution in [0.2, 0.25) is 0 Å². The van der Waals surface area contributed by atoms with Gasteiger partial charge in [0.1, 0.15) is 16.6 Å². The number of rotatable bonds is 4. The van der Waals surface area contributed by atoms with Crippen LogP contribution in [-0.4, -0.2) is 17.6 Å². The molecule has 0 amide bonds. The summed E-state index contributed by atoms with van der Waals surface area (Å²) < 4.78 is 5.08.